The van der Waals surface area contributed by atoms with Crippen LogP contribution in [0.3, 0.4) is 0 Å². The van der Waals surface area contributed by atoms with E-state index in [2.05, 4.69) is 10.5 Å². The molecule has 2 aromatic rings. The molecule has 0 spiro atoms. The van der Waals surface area contributed by atoms with Crippen molar-refractivity contribution in [2.45, 2.75) is 38.6 Å². The molecule has 132 valence electrons. The third-order valence-electron chi connectivity index (χ3n) is 4.53. The Hall–Kier alpha value is -2.34. The lowest BCUT2D eigenvalue weighted by atomic mass is 10.0. The second-order valence-electron chi connectivity index (χ2n) is 6.29. The predicted octanol–water partition coefficient (Wildman–Crippen LogP) is 4.06. The number of carboxylic acids is 1. The minimum atomic E-state index is -1.15. The zero-order valence-corrected chi connectivity index (χ0v) is 14.5. The lowest BCUT2D eigenvalue weighted by molar-refractivity contribution is -0.125. The van der Waals surface area contributed by atoms with Gasteiger partial charge in [0.25, 0.3) is 0 Å². The molecule has 1 heterocycles. The van der Waals surface area contributed by atoms with Gasteiger partial charge in [0.15, 0.2) is 5.76 Å². The number of amides is 1. The Kier molecular flexibility index (Phi) is 5.08. The Morgan fingerprint density at radius 1 is 1.28 bits per heavy atom. The maximum Gasteiger partial charge on any atom is 0.341 e. The number of nitrogens with one attached hydrogen (secondary N) is 1. The van der Waals surface area contributed by atoms with Crippen LogP contribution in [0, 0.1) is 5.92 Å². The topological polar surface area (TPSA) is 92.4 Å². The Morgan fingerprint density at radius 3 is 2.52 bits per heavy atom. The number of aromatic nitrogens is 1. The van der Waals surface area contributed by atoms with Gasteiger partial charge in [0, 0.05) is 16.5 Å². The third kappa shape index (κ3) is 3.69. The second kappa shape index (κ2) is 7.27. The normalized spacial score (nSPS) is 15.9. The van der Waals surface area contributed by atoms with Gasteiger partial charge < -0.3 is 14.9 Å². The van der Waals surface area contributed by atoms with Crippen molar-refractivity contribution in [3.63, 3.8) is 0 Å². The van der Waals surface area contributed by atoms with Crippen molar-refractivity contribution in [3.8, 4) is 11.3 Å². The fourth-order valence-corrected chi connectivity index (χ4v) is 3.32. The quantitative estimate of drug-likeness (QED) is 0.836. The smallest absolute Gasteiger partial charge is 0.341 e. The van der Waals surface area contributed by atoms with Crippen LogP contribution in [0.5, 0.6) is 0 Å². The molecule has 1 aliphatic carbocycles. The zero-order valence-electron chi connectivity index (χ0n) is 13.8. The number of carboxylic acid groups (broad SMARTS) is 1. The maximum atomic E-state index is 12.3. The molecule has 0 aliphatic heterocycles. The van der Waals surface area contributed by atoms with Crippen LogP contribution in [0.25, 0.3) is 11.3 Å². The van der Waals surface area contributed by atoms with Crippen molar-refractivity contribution in [2.75, 3.05) is 0 Å². The first-order valence-electron chi connectivity index (χ1n) is 8.26. The van der Waals surface area contributed by atoms with E-state index in [1.165, 1.54) is 0 Å². The molecular weight excluding hydrogens is 344 g/mol. The molecule has 1 amide bonds. The van der Waals surface area contributed by atoms with E-state index in [9.17, 15) is 14.7 Å². The largest absolute Gasteiger partial charge is 0.477 e. The molecule has 0 unspecified atom stereocenters. The molecule has 0 bridgehead atoms. The summed E-state index contributed by atoms with van der Waals surface area (Å²) in [6, 6.07) is 6.09. The summed E-state index contributed by atoms with van der Waals surface area (Å²) in [5, 5.41) is 16.9. The van der Waals surface area contributed by atoms with Crippen molar-refractivity contribution >= 4 is 23.5 Å². The van der Waals surface area contributed by atoms with Crippen LogP contribution in [0.4, 0.5) is 0 Å². The monoisotopic (exact) mass is 362 g/mol. The first-order valence-corrected chi connectivity index (χ1v) is 8.64. The highest BCUT2D eigenvalue weighted by molar-refractivity contribution is 6.30. The number of benzene rings is 1. The number of halogens is 1. The van der Waals surface area contributed by atoms with Crippen LogP contribution < -0.4 is 5.32 Å². The SMILES string of the molecule is C[C@@H](NC(=O)C1CCCC1)c1onc(-c2ccc(Cl)cc2)c1C(=O)O. The van der Waals surface area contributed by atoms with Crippen molar-refractivity contribution in [1.29, 1.82) is 0 Å². The molecule has 1 aromatic carbocycles. The van der Waals surface area contributed by atoms with Crippen LogP contribution in [0.1, 0.15) is 54.8 Å². The molecule has 2 N–H and O–H groups in total. The van der Waals surface area contributed by atoms with E-state index >= 15 is 0 Å². The molecule has 7 heteroatoms. The minimum absolute atomic E-state index is 0.00520. The Morgan fingerprint density at radius 2 is 1.92 bits per heavy atom. The van der Waals surface area contributed by atoms with Crippen molar-refractivity contribution in [2.24, 2.45) is 5.92 Å². The lowest BCUT2D eigenvalue weighted by Crippen LogP contribution is -2.32. The predicted molar refractivity (Wildman–Crippen MR) is 92.4 cm³/mol. The second-order valence-corrected chi connectivity index (χ2v) is 6.73. The Bertz CT molecular complexity index is 779. The van der Waals surface area contributed by atoms with E-state index in [0.29, 0.717) is 10.6 Å². The maximum absolute atomic E-state index is 12.3. The van der Waals surface area contributed by atoms with Gasteiger partial charge in [-0.2, -0.15) is 0 Å². The first kappa shape index (κ1) is 17.5. The number of carbonyl (C=O) groups excluding carboxylic acids is 1. The number of carbonyl (C=O) groups is 2. The highest BCUT2D eigenvalue weighted by atomic mass is 35.5. The average molecular weight is 363 g/mol. The molecule has 6 nitrogen and oxygen atoms in total. The zero-order chi connectivity index (χ0) is 18.0. The first-order chi connectivity index (χ1) is 12.0. The van der Waals surface area contributed by atoms with Gasteiger partial charge in [0.1, 0.15) is 11.3 Å². The van der Waals surface area contributed by atoms with E-state index in [-0.39, 0.29) is 28.8 Å². The van der Waals surface area contributed by atoms with Gasteiger partial charge in [-0.25, -0.2) is 4.79 Å². The summed E-state index contributed by atoms with van der Waals surface area (Å²) in [5.74, 6) is -1.08. The molecule has 0 saturated heterocycles. The summed E-state index contributed by atoms with van der Waals surface area (Å²) in [6.07, 6.45) is 3.85. The van der Waals surface area contributed by atoms with Gasteiger partial charge in [-0.1, -0.05) is 41.7 Å². The summed E-state index contributed by atoms with van der Waals surface area (Å²) in [7, 11) is 0. The van der Waals surface area contributed by atoms with Gasteiger partial charge in [-0.3, -0.25) is 4.79 Å². The number of rotatable bonds is 5. The van der Waals surface area contributed by atoms with Gasteiger partial charge in [0.2, 0.25) is 5.91 Å². The van der Waals surface area contributed by atoms with Gasteiger partial charge in [0.05, 0.1) is 6.04 Å². The number of nitrogens with zero attached hydrogens (tertiary/aromatic N) is 1. The molecule has 1 atom stereocenters. The summed E-state index contributed by atoms with van der Waals surface area (Å²) in [6.45, 7) is 1.70. The fourth-order valence-electron chi connectivity index (χ4n) is 3.19. The molecular formula is C18H19ClN2O4. The van der Waals surface area contributed by atoms with Crippen molar-refractivity contribution in [3.05, 3.63) is 40.6 Å². The van der Waals surface area contributed by atoms with Crippen LogP contribution >= 0.6 is 11.6 Å². The van der Waals surface area contributed by atoms with Crippen molar-refractivity contribution < 1.29 is 19.2 Å². The van der Waals surface area contributed by atoms with E-state index in [4.69, 9.17) is 16.1 Å². The van der Waals surface area contributed by atoms with Gasteiger partial charge >= 0.3 is 5.97 Å². The van der Waals surface area contributed by atoms with Gasteiger partial charge in [-0.05, 0) is 31.9 Å². The highest BCUT2D eigenvalue weighted by Gasteiger charge is 2.30. The summed E-state index contributed by atoms with van der Waals surface area (Å²) in [5.41, 5.74) is 0.772. The average Bonchev–Trinajstić information content (AvgIpc) is 3.25. The summed E-state index contributed by atoms with van der Waals surface area (Å²) < 4.78 is 5.29. The lowest BCUT2D eigenvalue weighted by Gasteiger charge is -2.15. The molecule has 0 radical (unpaired) electrons. The summed E-state index contributed by atoms with van der Waals surface area (Å²) >= 11 is 5.87. The van der Waals surface area contributed by atoms with Crippen LogP contribution in [-0.4, -0.2) is 22.1 Å². The molecule has 1 aliphatic rings. The van der Waals surface area contributed by atoms with E-state index in [1.807, 2.05) is 0 Å². The summed E-state index contributed by atoms with van der Waals surface area (Å²) in [4.78, 5) is 24.0. The Balaban J connectivity index is 1.87. The van der Waals surface area contributed by atoms with Crippen LogP contribution in [0.15, 0.2) is 28.8 Å². The third-order valence-corrected chi connectivity index (χ3v) is 4.78. The molecule has 25 heavy (non-hydrogen) atoms. The molecule has 3 rings (SSSR count). The number of hydrogen-bond acceptors (Lipinski definition) is 4. The van der Waals surface area contributed by atoms with E-state index < -0.39 is 12.0 Å². The number of hydrogen-bond donors (Lipinski definition) is 2. The molecule has 1 saturated carbocycles. The van der Waals surface area contributed by atoms with Crippen LogP contribution in [0.2, 0.25) is 5.02 Å². The van der Waals surface area contributed by atoms with E-state index in [1.54, 1.807) is 31.2 Å². The van der Waals surface area contributed by atoms with Gasteiger partial charge in [-0.15, -0.1) is 0 Å². The standard InChI is InChI=1S/C18H19ClN2O4/c1-10(20-17(22)12-4-2-3-5-12)16-14(18(23)24)15(21-25-16)11-6-8-13(19)9-7-11/h6-10,12H,2-5H2,1H3,(H,20,22)(H,23,24)/t10-/m1/s1. The number of aromatic carboxylic acids is 1. The van der Waals surface area contributed by atoms with E-state index in [0.717, 1.165) is 25.7 Å². The highest BCUT2D eigenvalue weighted by Crippen LogP contribution is 2.31. The molecule has 1 fully saturated rings. The van der Waals surface area contributed by atoms with Crippen LogP contribution in [-0.2, 0) is 4.79 Å². The fraction of sp³-hybridized carbons (Fsp3) is 0.389. The van der Waals surface area contributed by atoms with Crippen molar-refractivity contribution in [1.82, 2.24) is 10.5 Å². The molecule has 1 aromatic heterocycles. The Labute approximate surface area is 150 Å². The minimum Gasteiger partial charge on any atom is -0.477 e.